The number of fused-ring (bicyclic) bond motifs is 2. The summed E-state index contributed by atoms with van der Waals surface area (Å²) in [7, 11) is 0. The number of rotatable bonds is 4. The molecule has 0 saturated heterocycles. The molecule has 1 amide bonds. The number of nitrogens with zero attached hydrogens (tertiary/aromatic N) is 1. The minimum Gasteiger partial charge on any atom is -0.326 e. The zero-order valence-electron chi connectivity index (χ0n) is 17.7. The smallest absolute Gasteiger partial charge is 0.326 e. The highest BCUT2D eigenvalue weighted by molar-refractivity contribution is 6.30. The quantitative estimate of drug-likeness (QED) is 0.477. The van der Waals surface area contributed by atoms with Crippen LogP contribution in [0.5, 0.6) is 0 Å². The molecule has 2 aliphatic carbocycles. The van der Waals surface area contributed by atoms with Crippen LogP contribution < -0.4 is 5.32 Å². The summed E-state index contributed by atoms with van der Waals surface area (Å²) in [6, 6.07) is 12.1. The van der Waals surface area contributed by atoms with Crippen LogP contribution in [0, 0.1) is 22.1 Å². The Morgan fingerprint density at radius 3 is 2.32 bits per heavy atom. The Labute approximate surface area is 185 Å². The van der Waals surface area contributed by atoms with Crippen LogP contribution in [0.25, 0.3) is 0 Å². The molecule has 2 saturated carbocycles. The summed E-state index contributed by atoms with van der Waals surface area (Å²) in [5.74, 6) is -1.05. The molecule has 0 aliphatic heterocycles. The molecule has 0 aromatic heterocycles. The Bertz CT molecular complexity index is 1070. The van der Waals surface area contributed by atoms with Crippen molar-refractivity contribution in [3.63, 3.8) is 0 Å². The molecule has 2 fully saturated rings. The fourth-order valence-electron chi connectivity index (χ4n) is 5.04. The molecule has 7 heteroatoms. The topological polar surface area (TPSA) is 67.8 Å². The van der Waals surface area contributed by atoms with Crippen LogP contribution in [0.3, 0.4) is 0 Å². The average Bonchev–Trinajstić information content (AvgIpc) is 3.05. The third-order valence-corrected chi connectivity index (χ3v) is 7.84. The molecule has 5 nitrogen and oxygen atoms in total. The monoisotopic (exact) mass is 442 g/mol. The van der Waals surface area contributed by atoms with E-state index in [-0.39, 0.29) is 17.1 Å². The van der Waals surface area contributed by atoms with Crippen LogP contribution in [0.2, 0.25) is 5.02 Å². The van der Waals surface area contributed by atoms with E-state index in [1.807, 2.05) is 0 Å². The molecule has 1 N–H and O–H groups in total. The lowest BCUT2D eigenvalue weighted by Crippen LogP contribution is -2.43. The lowest BCUT2D eigenvalue weighted by molar-refractivity contribution is -0.130. The second-order valence-corrected chi connectivity index (χ2v) is 9.54. The lowest BCUT2D eigenvalue weighted by atomic mass is 9.64. The van der Waals surface area contributed by atoms with Crippen LogP contribution in [-0.2, 0) is 9.63 Å². The number of carbonyl (C=O) groups excluding carboxylic acids is 2. The second-order valence-electron chi connectivity index (χ2n) is 9.10. The third-order valence-electron chi connectivity index (χ3n) is 7.59. The number of hydrogen-bond donors (Lipinski definition) is 1. The van der Waals surface area contributed by atoms with E-state index < -0.39 is 16.8 Å². The van der Waals surface area contributed by atoms with Gasteiger partial charge in [-0.3, -0.25) is 4.79 Å². The first-order chi connectivity index (χ1) is 14.6. The van der Waals surface area contributed by atoms with Gasteiger partial charge in [-0.1, -0.05) is 37.5 Å². The minimum absolute atomic E-state index is 0.123. The van der Waals surface area contributed by atoms with Gasteiger partial charge in [0.05, 0.1) is 16.7 Å². The molecule has 2 unspecified atom stereocenters. The number of benzene rings is 2. The van der Waals surface area contributed by atoms with Gasteiger partial charge in [-0.2, -0.15) is 0 Å². The first-order valence-corrected chi connectivity index (χ1v) is 10.6. The highest BCUT2D eigenvalue weighted by Gasteiger charge is 2.71. The average molecular weight is 443 g/mol. The Morgan fingerprint density at radius 2 is 1.68 bits per heavy atom. The summed E-state index contributed by atoms with van der Waals surface area (Å²) in [5, 5.41) is 7.69. The van der Waals surface area contributed by atoms with Gasteiger partial charge in [-0.15, -0.1) is 0 Å². The molecule has 0 spiro atoms. The minimum atomic E-state index is -0.693. The SMILES string of the molecule is CC12CCC(C(=O)Nc3ccc(F)cc3)(CC1=NOC(=O)c1ccc(Cl)cc1)C2(C)C. The maximum Gasteiger partial charge on any atom is 0.365 e. The summed E-state index contributed by atoms with van der Waals surface area (Å²) in [4.78, 5) is 31.0. The van der Waals surface area contributed by atoms with Crippen molar-refractivity contribution in [2.24, 2.45) is 21.4 Å². The van der Waals surface area contributed by atoms with Crippen LogP contribution in [0.1, 0.15) is 50.4 Å². The van der Waals surface area contributed by atoms with Crippen molar-refractivity contribution in [2.75, 3.05) is 5.32 Å². The fraction of sp³-hybridized carbons (Fsp3) is 0.375. The summed E-state index contributed by atoms with van der Waals surface area (Å²) in [6.07, 6.45) is 1.86. The van der Waals surface area contributed by atoms with Crippen LogP contribution in [0.4, 0.5) is 10.1 Å². The first kappa shape index (κ1) is 21.5. The predicted molar refractivity (Wildman–Crippen MR) is 118 cm³/mol. The highest BCUT2D eigenvalue weighted by atomic mass is 35.5. The molecule has 162 valence electrons. The van der Waals surface area contributed by atoms with Gasteiger partial charge in [0.15, 0.2) is 0 Å². The molecule has 2 aliphatic rings. The van der Waals surface area contributed by atoms with Crippen molar-refractivity contribution in [3.8, 4) is 0 Å². The molecule has 2 bridgehead atoms. The molecule has 0 heterocycles. The number of halogens is 2. The zero-order chi connectivity index (χ0) is 22.4. The third kappa shape index (κ3) is 3.33. The maximum absolute atomic E-state index is 13.4. The highest BCUT2D eigenvalue weighted by Crippen LogP contribution is 2.71. The first-order valence-electron chi connectivity index (χ1n) is 10.2. The fourth-order valence-corrected chi connectivity index (χ4v) is 5.17. The summed E-state index contributed by atoms with van der Waals surface area (Å²) >= 11 is 5.86. The van der Waals surface area contributed by atoms with Crippen LogP contribution in [-0.4, -0.2) is 17.6 Å². The van der Waals surface area contributed by atoms with Crippen molar-refractivity contribution >= 4 is 34.9 Å². The lowest BCUT2D eigenvalue weighted by Gasteiger charge is -2.39. The molecule has 2 atom stereocenters. The summed E-state index contributed by atoms with van der Waals surface area (Å²) in [6.45, 7) is 6.20. The molecular weight excluding hydrogens is 419 g/mol. The van der Waals surface area contributed by atoms with E-state index >= 15 is 0 Å². The largest absolute Gasteiger partial charge is 0.365 e. The molecule has 2 aromatic rings. The van der Waals surface area contributed by atoms with Gasteiger partial charge in [0.1, 0.15) is 5.82 Å². The van der Waals surface area contributed by atoms with Crippen molar-refractivity contribution < 1.29 is 18.8 Å². The molecule has 0 radical (unpaired) electrons. The van der Waals surface area contributed by atoms with Gasteiger partial charge in [0.2, 0.25) is 5.91 Å². The van der Waals surface area contributed by atoms with E-state index in [2.05, 4.69) is 31.2 Å². The van der Waals surface area contributed by atoms with Gasteiger partial charge in [0.25, 0.3) is 0 Å². The van der Waals surface area contributed by atoms with E-state index in [4.69, 9.17) is 16.4 Å². The number of carbonyl (C=O) groups is 2. The summed E-state index contributed by atoms with van der Waals surface area (Å²) < 4.78 is 13.2. The Kier molecular flexibility index (Phi) is 5.16. The number of hydrogen-bond acceptors (Lipinski definition) is 4. The van der Waals surface area contributed by atoms with Crippen molar-refractivity contribution in [2.45, 2.75) is 40.0 Å². The van der Waals surface area contributed by atoms with Gasteiger partial charge >= 0.3 is 5.97 Å². The van der Waals surface area contributed by atoms with E-state index in [0.717, 1.165) is 6.42 Å². The van der Waals surface area contributed by atoms with Gasteiger partial charge < -0.3 is 10.2 Å². The summed E-state index contributed by atoms with van der Waals surface area (Å²) in [5.41, 5.74) is 0.125. The van der Waals surface area contributed by atoms with E-state index in [1.165, 1.54) is 12.1 Å². The number of anilines is 1. The standard InChI is InChI=1S/C24H24ClFN2O3/c1-22(2)23(3)12-13-24(22,21(30)27-18-10-8-17(26)9-11-18)14-19(23)28-31-20(29)15-4-6-16(25)7-5-15/h4-11H,12-14H2,1-3H3,(H,27,30). The Balaban J connectivity index is 1.57. The van der Waals surface area contributed by atoms with Crippen molar-refractivity contribution in [1.29, 1.82) is 0 Å². The number of oxime groups is 1. The Hall–Kier alpha value is -2.73. The molecular formula is C24H24ClFN2O3. The maximum atomic E-state index is 13.4. The Morgan fingerprint density at radius 1 is 1.03 bits per heavy atom. The number of nitrogens with one attached hydrogen (secondary N) is 1. The van der Waals surface area contributed by atoms with E-state index in [1.54, 1.807) is 36.4 Å². The molecule has 2 aromatic carbocycles. The van der Waals surface area contributed by atoms with Crippen molar-refractivity contribution in [1.82, 2.24) is 0 Å². The zero-order valence-corrected chi connectivity index (χ0v) is 18.4. The second kappa shape index (κ2) is 7.45. The normalized spacial score (nSPS) is 27.3. The van der Waals surface area contributed by atoms with Crippen LogP contribution in [0.15, 0.2) is 53.7 Å². The molecule has 4 rings (SSSR count). The van der Waals surface area contributed by atoms with Gasteiger partial charge in [0, 0.05) is 22.5 Å². The molecule has 31 heavy (non-hydrogen) atoms. The number of amides is 1. The van der Waals surface area contributed by atoms with Crippen LogP contribution >= 0.6 is 11.6 Å². The van der Waals surface area contributed by atoms with E-state index in [9.17, 15) is 14.0 Å². The predicted octanol–water partition coefficient (Wildman–Crippen LogP) is 5.85. The van der Waals surface area contributed by atoms with Gasteiger partial charge in [-0.25, -0.2) is 9.18 Å². The van der Waals surface area contributed by atoms with Crippen molar-refractivity contribution in [3.05, 3.63) is 64.9 Å². The van der Waals surface area contributed by atoms with Gasteiger partial charge in [-0.05, 0) is 66.8 Å². The van der Waals surface area contributed by atoms with E-state index in [0.29, 0.717) is 34.8 Å².